The van der Waals surface area contributed by atoms with Crippen LogP contribution in [0.1, 0.15) is 43.4 Å². The second-order valence-corrected chi connectivity index (χ2v) is 5.89. The molecule has 2 unspecified atom stereocenters. The number of hydrogen-bond donors (Lipinski definition) is 1. The molecule has 3 heteroatoms. The highest BCUT2D eigenvalue weighted by Crippen LogP contribution is 2.36. The number of benzene rings is 1. The van der Waals surface area contributed by atoms with Gasteiger partial charge in [0.25, 0.3) is 0 Å². The lowest BCUT2D eigenvalue weighted by Gasteiger charge is -2.35. The molecule has 1 saturated heterocycles. The summed E-state index contributed by atoms with van der Waals surface area (Å²) in [6, 6.07) is 5.68. The fourth-order valence-electron chi connectivity index (χ4n) is 3.57. The van der Waals surface area contributed by atoms with Gasteiger partial charge in [0.1, 0.15) is 5.82 Å². The van der Waals surface area contributed by atoms with Crippen molar-refractivity contribution in [2.24, 2.45) is 5.92 Å². The summed E-state index contributed by atoms with van der Waals surface area (Å²) < 4.78 is 13.4. The van der Waals surface area contributed by atoms with Crippen molar-refractivity contribution in [3.05, 3.63) is 35.1 Å². The third-order valence-corrected chi connectivity index (χ3v) is 4.53. The topological polar surface area (TPSA) is 15.3 Å². The maximum atomic E-state index is 13.4. The summed E-state index contributed by atoms with van der Waals surface area (Å²) in [4.78, 5) is 2.56. The predicted octanol–water partition coefficient (Wildman–Crippen LogP) is 3.52. The van der Waals surface area contributed by atoms with Crippen molar-refractivity contribution in [3.8, 4) is 0 Å². The van der Waals surface area contributed by atoms with Crippen LogP contribution in [0, 0.1) is 18.7 Å². The molecule has 2 nitrogen and oxygen atoms in total. The maximum absolute atomic E-state index is 13.4. The summed E-state index contributed by atoms with van der Waals surface area (Å²) in [5.74, 6) is 0.472. The standard InChI is InChI=1S/C17H27FN2/c1-4-20-10-6-5-7-14(12-19-3)17(20)16-9-8-15(18)11-13(16)2/h8-9,11,14,17,19H,4-7,10,12H2,1-3H3. The highest BCUT2D eigenvalue weighted by molar-refractivity contribution is 5.30. The molecule has 0 saturated carbocycles. The van der Waals surface area contributed by atoms with Crippen LogP contribution in [0.5, 0.6) is 0 Å². The molecule has 1 heterocycles. The van der Waals surface area contributed by atoms with Gasteiger partial charge in [0.15, 0.2) is 0 Å². The van der Waals surface area contributed by atoms with E-state index in [4.69, 9.17) is 0 Å². The summed E-state index contributed by atoms with van der Waals surface area (Å²) in [5.41, 5.74) is 2.38. The molecule has 0 radical (unpaired) electrons. The Bertz CT molecular complexity index is 433. The number of nitrogens with zero attached hydrogens (tertiary/aromatic N) is 1. The van der Waals surface area contributed by atoms with Crippen LogP contribution in [0.4, 0.5) is 4.39 Å². The molecule has 1 aliphatic heterocycles. The Morgan fingerprint density at radius 2 is 2.15 bits per heavy atom. The van der Waals surface area contributed by atoms with Gasteiger partial charge in [0.05, 0.1) is 0 Å². The van der Waals surface area contributed by atoms with E-state index in [2.05, 4.69) is 17.1 Å². The Balaban J connectivity index is 2.37. The smallest absolute Gasteiger partial charge is 0.123 e. The van der Waals surface area contributed by atoms with E-state index in [1.807, 2.05) is 20.0 Å². The number of halogens is 1. The van der Waals surface area contributed by atoms with Crippen LogP contribution in [-0.2, 0) is 0 Å². The molecule has 112 valence electrons. The first kappa shape index (κ1) is 15.5. The molecule has 1 fully saturated rings. The quantitative estimate of drug-likeness (QED) is 0.906. The van der Waals surface area contributed by atoms with E-state index in [9.17, 15) is 4.39 Å². The van der Waals surface area contributed by atoms with Crippen LogP contribution < -0.4 is 5.32 Å². The lowest BCUT2D eigenvalue weighted by molar-refractivity contribution is 0.162. The van der Waals surface area contributed by atoms with E-state index in [0.29, 0.717) is 12.0 Å². The highest BCUT2D eigenvalue weighted by Gasteiger charge is 2.30. The van der Waals surface area contributed by atoms with Crippen LogP contribution >= 0.6 is 0 Å². The molecule has 2 rings (SSSR count). The van der Waals surface area contributed by atoms with Crippen LogP contribution in [-0.4, -0.2) is 31.6 Å². The molecule has 1 N–H and O–H groups in total. The zero-order valence-electron chi connectivity index (χ0n) is 13.0. The number of likely N-dealkylation sites (tertiary alicyclic amines) is 1. The second-order valence-electron chi connectivity index (χ2n) is 5.89. The van der Waals surface area contributed by atoms with Gasteiger partial charge in [-0.1, -0.05) is 19.4 Å². The van der Waals surface area contributed by atoms with Crippen molar-refractivity contribution < 1.29 is 4.39 Å². The lowest BCUT2D eigenvalue weighted by atomic mass is 9.87. The molecule has 20 heavy (non-hydrogen) atoms. The van der Waals surface area contributed by atoms with E-state index in [1.165, 1.54) is 24.8 Å². The SMILES string of the molecule is CCN1CCCCC(CNC)C1c1ccc(F)cc1C. The number of rotatable bonds is 4. The van der Waals surface area contributed by atoms with E-state index in [0.717, 1.165) is 25.2 Å². The largest absolute Gasteiger partial charge is 0.319 e. The molecule has 0 aliphatic carbocycles. The zero-order valence-corrected chi connectivity index (χ0v) is 13.0. The minimum atomic E-state index is -0.131. The fourth-order valence-corrected chi connectivity index (χ4v) is 3.57. The summed E-state index contributed by atoms with van der Waals surface area (Å²) in [6.07, 6.45) is 3.81. The van der Waals surface area contributed by atoms with Crippen LogP contribution in [0.25, 0.3) is 0 Å². The average Bonchev–Trinajstić information content (AvgIpc) is 2.62. The maximum Gasteiger partial charge on any atom is 0.123 e. The second kappa shape index (κ2) is 7.19. The van der Waals surface area contributed by atoms with Gasteiger partial charge in [-0.25, -0.2) is 4.39 Å². The Morgan fingerprint density at radius 3 is 2.80 bits per heavy atom. The van der Waals surface area contributed by atoms with Crippen molar-refractivity contribution in [1.82, 2.24) is 10.2 Å². The third kappa shape index (κ3) is 3.39. The molecule has 0 spiro atoms. The van der Waals surface area contributed by atoms with E-state index in [1.54, 1.807) is 12.1 Å². The summed E-state index contributed by atoms with van der Waals surface area (Å²) >= 11 is 0. The molecular formula is C17H27FN2. The minimum Gasteiger partial charge on any atom is -0.319 e. The molecule has 1 aromatic rings. The van der Waals surface area contributed by atoms with Gasteiger partial charge in [-0.15, -0.1) is 0 Å². The molecule has 2 atom stereocenters. The molecule has 0 bridgehead atoms. The lowest BCUT2D eigenvalue weighted by Crippen LogP contribution is -2.36. The number of nitrogens with one attached hydrogen (secondary N) is 1. The third-order valence-electron chi connectivity index (χ3n) is 4.53. The van der Waals surface area contributed by atoms with Gasteiger partial charge in [-0.2, -0.15) is 0 Å². The van der Waals surface area contributed by atoms with Crippen molar-refractivity contribution in [1.29, 1.82) is 0 Å². The van der Waals surface area contributed by atoms with Gasteiger partial charge in [0, 0.05) is 6.04 Å². The Hall–Kier alpha value is -0.930. The van der Waals surface area contributed by atoms with Crippen LogP contribution in [0.3, 0.4) is 0 Å². The average molecular weight is 278 g/mol. The van der Waals surface area contributed by atoms with E-state index in [-0.39, 0.29) is 5.82 Å². The highest BCUT2D eigenvalue weighted by atomic mass is 19.1. The minimum absolute atomic E-state index is 0.131. The Labute approximate surface area is 122 Å². The van der Waals surface area contributed by atoms with Gasteiger partial charge in [-0.3, -0.25) is 4.90 Å². The molecule has 1 aromatic carbocycles. The van der Waals surface area contributed by atoms with Crippen molar-refractivity contribution in [2.45, 2.75) is 39.2 Å². The first-order valence-corrected chi connectivity index (χ1v) is 7.82. The summed E-state index contributed by atoms with van der Waals surface area (Å²) in [6.45, 7) is 7.50. The van der Waals surface area contributed by atoms with E-state index < -0.39 is 0 Å². The number of hydrogen-bond acceptors (Lipinski definition) is 2. The summed E-state index contributed by atoms with van der Waals surface area (Å²) in [7, 11) is 2.02. The van der Waals surface area contributed by atoms with E-state index >= 15 is 0 Å². The van der Waals surface area contributed by atoms with Crippen LogP contribution in [0.2, 0.25) is 0 Å². The first-order chi connectivity index (χ1) is 9.67. The van der Waals surface area contributed by atoms with Crippen LogP contribution in [0.15, 0.2) is 18.2 Å². The van der Waals surface area contributed by atoms with Crippen molar-refractivity contribution in [2.75, 3.05) is 26.7 Å². The Kier molecular flexibility index (Phi) is 5.55. The van der Waals surface area contributed by atoms with Gasteiger partial charge >= 0.3 is 0 Å². The van der Waals surface area contributed by atoms with Gasteiger partial charge in [0.2, 0.25) is 0 Å². The van der Waals surface area contributed by atoms with Gasteiger partial charge in [-0.05, 0) is 75.6 Å². The molecule has 1 aliphatic rings. The molecule has 0 aromatic heterocycles. The monoisotopic (exact) mass is 278 g/mol. The molecular weight excluding hydrogens is 251 g/mol. The predicted molar refractivity (Wildman–Crippen MR) is 82.4 cm³/mol. The van der Waals surface area contributed by atoms with Crippen molar-refractivity contribution >= 4 is 0 Å². The van der Waals surface area contributed by atoms with Gasteiger partial charge < -0.3 is 5.32 Å². The fraction of sp³-hybridized carbons (Fsp3) is 0.647. The summed E-state index contributed by atoms with van der Waals surface area (Å²) in [5, 5.41) is 3.34. The molecule has 0 amide bonds. The zero-order chi connectivity index (χ0) is 14.5. The normalized spacial score (nSPS) is 24.6. The Morgan fingerprint density at radius 1 is 1.35 bits per heavy atom. The number of aryl methyl sites for hydroxylation is 1. The first-order valence-electron chi connectivity index (χ1n) is 7.82. The van der Waals surface area contributed by atoms with Crippen molar-refractivity contribution in [3.63, 3.8) is 0 Å².